The number of aliphatic carboxylic acids is 1. The number of imidazole rings is 1. The predicted molar refractivity (Wildman–Crippen MR) is 47.9 cm³/mol. The van der Waals surface area contributed by atoms with Crippen LogP contribution < -0.4 is 0 Å². The minimum atomic E-state index is -1.61. The Morgan fingerprint density at radius 1 is 1.71 bits per heavy atom. The second-order valence-electron chi connectivity index (χ2n) is 3.73. The molecule has 0 aliphatic carbocycles. The van der Waals surface area contributed by atoms with E-state index >= 15 is 0 Å². The van der Waals surface area contributed by atoms with Gasteiger partial charge in [0.15, 0.2) is 5.60 Å². The van der Waals surface area contributed by atoms with Crippen molar-refractivity contribution in [1.82, 2.24) is 9.55 Å². The Hall–Kier alpha value is -1.36. The number of aryl methyl sites for hydroxylation is 2. The van der Waals surface area contributed by atoms with E-state index in [4.69, 9.17) is 5.11 Å². The van der Waals surface area contributed by atoms with E-state index in [-0.39, 0.29) is 12.8 Å². The van der Waals surface area contributed by atoms with Gasteiger partial charge >= 0.3 is 5.97 Å². The lowest BCUT2D eigenvalue weighted by molar-refractivity contribution is -0.160. The molecule has 1 aliphatic rings. The Labute approximate surface area is 81.0 Å². The number of carboxylic acid groups (broad SMARTS) is 1. The maximum atomic E-state index is 10.8. The lowest BCUT2D eigenvalue weighted by Crippen LogP contribution is -2.45. The smallest absolute Gasteiger partial charge is 0.336 e. The summed E-state index contributed by atoms with van der Waals surface area (Å²) in [7, 11) is 0. The first-order valence-corrected chi connectivity index (χ1v) is 4.49. The van der Waals surface area contributed by atoms with Crippen LogP contribution in [0.5, 0.6) is 0 Å². The Kier molecular flexibility index (Phi) is 1.85. The molecule has 14 heavy (non-hydrogen) atoms. The molecule has 2 N–H and O–H groups in total. The maximum Gasteiger partial charge on any atom is 0.336 e. The van der Waals surface area contributed by atoms with Crippen LogP contribution in [-0.2, 0) is 17.8 Å². The predicted octanol–water partition coefficient (Wildman–Crippen LogP) is -0.0466. The summed E-state index contributed by atoms with van der Waals surface area (Å²) in [4.78, 5) is 14.9. The van der Waals surface area contributed by atoms with Crippen molar-refractivity contribution in [1.29, 1.82) is 0 Å². The van der Waals surface area contributed by atoms with E-state index in [9.17, 15) is 9.90 Å². The topological polar surface area (TPSA) is 75.3 Å². The Morgan fingerprint density at radius 2 is 2.43 bits per heavy atom. The summed E-state index contributed by atoms with van der Waals surface area (Å²) < 4.78 is 1.90. The summed E-state index contributed by atoms with van der Waals surface area (Å²) in [5.74, 6) is -1.15. The maximum absolute atomic E-state index is 10.8. The number of nitrogens with zero attached hydrogens (tertiary/aromatic N) is 2. The lowest BCUT2D eigenvalue weighted by atomic mass is 9.90. The summed E-state index contributed by atoms with van der Waals surface area (Å²) in [5, 5.41) is 18.7. The number of aromatic nitrogens is 2. The van der Waals surface area contributed by atoms with Crippen LogP contribution >= 0.6 is 0 Å². The number of carboxylic acids is 1. The van der Waals surface area contributed by atoms with Gasteiger partial charge in [-0.3, -0.25) is 0 Å². The summed E-state index contributed by atoms with van der Waals surface area (Å²) in [6.07, 6.45) is 2.07. The van der Waals surface area contributed by atoms with E-state index in [1.165, 1.54) is 0 Å². The molecule has 0 bridgehead atoms. The van der Waals surface area contributed by atoms with E-state index in [0.717, 1.165) is 11.4 Å². The van der Waals surface area contributed by atoms with Gasteiger partial charge in [0, 0.05) is 25.1 Å². The molecule has 5 nitrogen and oxygen atoms in total. The number of carbonyl (C=O) groups is 1. The fourth-order valence-electron chi connectivity index (χ4n) is 1.78. The van der Waals surface area contributed by atoms with Crippen molar-refractivity contribution < 1.29 is 15.0 Å². The molecular weight excluding hydrogens is 184 g/mol. The first-order valence-electron chi connectivity index (χ1n) is 4.49. The second kappa shape index (κ2) is 2.81. The molecule has 1 aromatic rings. The fraction of sp³-hybridized carbons (Fsp3) is 0.556. The van der Waals surface area contributed by atoms with Gasteiger partial charge < -0.3 is 14.8 Å². The van der Waals surface area contributed by atoms with E-state index in [0.29, 0.717) is 6.54 Å². The number of rotatable bonds is 1. The molecule has 2 heterocycles. The van der Waals surface area contributed by atoms with Gasteiger partial charge in [-0.05, 0) is 6.92 Å². The van der Waals surface area contributed by atoms with Gasteiger partial charge in [-0.2, -0.15) is 0 Å². The van der Waals surface area contributed by atoms with Crippen LogP contribution in [0.3, 0.4) is 0 Å². The molecule has 0 spiro atoms. The van der Waals surface area contributed by atoms with Crippen molar-refractivity contribution >= 4 is 5.97 Å². The summed E-state index contributed by atoms with van der Waals surface area (Å²) in [5.41, 5.74) is 0.00590. The molecule has 0 saturated carbocycles. The number of fused-ring (bicyclic) bond motifs is 1. The first kappa shape index (κ1) is 9.21. The lowest BCUT2D eigenvalue weighted by Gasteiger charge is -2.29. The van der Waals surface area contributed by atoms with Crippen LogP contribution in [0.2, 0.25) is 0 Å². The molecular formula is C9H12N2O3. The highest BCUT2D eigenvalue weighted by Gasteiger charge is 2.40. The SMILES string of the molecule is Cc1ncn2c1CC(O)(C(=O)O)CC2. The van der Waals surface area contributed by atoms with Crippen LogP contribution in [-0.4, -0.2) is 31.3 Å². The molecule has 2 rings (SSSR count). The molecule has 0 amide bonds. The van der Waals surface area contributed by atoms with Crippen molar-refractivity contribution in [2.24, 2.45) is 0 Å². The van der Waals surface area contributed by atoms with Crippen LogP contribution in [0.15, 0.2) is 6.33 Å². The molecule has 1 aliphatic heterocycles. The average molecular weight is 196 g/mol. The highest BCUT2D eigenvalue weighted by Crippen LogP contribution is 2.26. The average Bonchev–Trinajstić information content (AvgIpc) is 2.48. The third kappa shape index (κ3) is 1.21. The van der Waals surface area contributed by atoms with Gasteiger partial charge in [0.2, 0.25) is 0 Å². The highest BCUT2D eigenvalue weighted by molar-refractivity contribution is 5.77. The molecule has 1 atom stereocenters. The van der Waals surface area contributed by atoms with Gasteiger partial charge in [-0.15, -0.1) is 0 Å². The number of aliphatic hydroxyl groups is 1. The first-order chi connectivity index (χ1) is 6.53. The third-order valence-corrected chi connectivity index (χ3v) is 2.78. The zero-order chi connectivity index (χ0) is 10.3. The Morgan fingerprint density at radius 3 is 3.07 bits per heavy atom. The molecule has 0 saturated heterocycles. The molecule has 0 radical (unpaired) electrons. The van der Waals surface area contributed by atoms with Crippen molar-refractivity contribution in [2.45, 2.75) is 31.9 Å². The Bertz CT molecular complexity index is 385. The van der Waals surface area contributed by atoms with Gasteiger partial charge in [0.05, 0.1) is 12.0 Å². The summed E-state index contributed by atoms with van der Waals surface area (Å²) in [6, 6.07) is 0. The molecule has 1 unspecified atom stereocenters. The second-order valence-corrected chi connectivity index (χ2v) is 3.73. The minimum Gasteiger partial charge on any atom is -0.479 e. The van der Waals surface area contributed by atoms with Crippen molar-refractivity contribution in [3.05, 3.63) is 17.7 Å². The molecule has 0 aromatic carbocycles. The van der Waals surface area contributed by atoms with Crippen LogP contribution in [0.1, 0.15) is 17.8 Å². The quantitative estimate of drug-likeness (QED) is 0.660. The number of hydrogen-bond donors (Lipinski definition) is 2. The van der Waals surface area contributed by atoms with E-state index in [1.807, 2.05) is 11.5 Å². The van der Waals surface area contributed by atoms with Gasteiger partial charge in [-0.25, -0.2) is 9.78 Å². The van der Waals surface area contributed by atoms with Crippen LogP contribution in [0.25, 0.3) is 0 Å². The van der Waals surface area contributed by atoms with E-state index < -0.39 is 11.6 Å². The third-order valence-electron chi connectivity index (χ3n) is 2.78. The molecule has 76 valence electrons. The van der Waals surface area contributed by atoms with Gasteiger partial charge in [0.1, 0.15) is 0 Å². The normalized spacial score (nSPS) is 25.9. The molecule has 0 fully saturated rings. The minimum absolute atomic E-state index is 0.147. The monoisotopic (exact) mass is 196 g/mol. The fourth-order valence-corrected chi connectivity index (χ4v) is 1.78. The number of hydrogen-bond acceptors (Lipinski definition) is 3. The summed E-state index contributed by atoms with van der Waals surface area (Å²) in [6.45, 7) is 2.33. The highest BCUT2D eigenvalue weighted by atomic mass is 16.4. The van der Waals surface area contributed by atoms with E-state index in [1.54, 1.807) is 6.33 Å². The standard InChI is InChI=1S/C9H12N2O3/c1-6-7-4-9(14,8(12)13)2-3-11(7)5-10-6/h5,14H,2-4H2,1H3,(H,12,13). The van der Waals surface area contributed by atoms with Gasteiger partial charge in [-0.1, -0.05) is 0 Å². The molecule has 5 heteroatoms. The molecule has 1 aromatic heterocycles. The van der Waals surface area contributed by atoms with Crippen molar-refractivity contribution in [3.63, 3.8) is 0 Å². The van der Waals surface area contributed by atoms with Crippen LogP contribution in [0.4, 0.5) is 0 Å². The zero-order valence-electron chi connectivity index (χ0n) is 7.90. The van der Waals surface area contributed by atoms with E-state index in [2.05, 4.69) is 4.98 Å². The van der Waals surface area contributed by atoms with Crippen LogP contribution in [0, 0.1) is 6.92 Å². The van der Waals surface area contributed by atoms with Gasteiger partial charge in [0.25, 0.3) is 0 Å². The van der Waals surface area contributed by atoms with Crippen molar-refractivity contribution in [2.75, 3.05) is 0 Å². The Balaban J connectivity index is 2.37. The summed E-state index contributed by atoms with van der Waals surface area (Å²) >= 11 is 0. The zero-order valence-corrected chi connectivity index (χ0v) is 7.90. The van der Waals surface area contributed by atoms with Crippen molar-refractivity contribution in [3.8, 4) is 0 Å². The largest absolute Gasteiger partial charge is 0.479 e.